The van der Waals surface area contributed by atoms with Crippen LogP contribution in [-0.4, -0.2) is 58.4 Å². The molecule has 0 aliphatic heterocycles. The molecular weight excluding hydrogens is 410 g/mol. The molecular formula is C23H28F2O6. The largest absolute Gasteiger partial charge is 0.458 e. The molecule has 3 fully saturated rings. The minimum absolute atomic E-state index is 0.0224. The number of hydrogen-bond acceptors (Lipinski definition) is 6. The Kier molecular flexibility index (Phi) is 5.05. The van der Waals surface area contributed by atoms with Gasteiger partial charge in [-0.1, -0.05) is 19.9 Å². The van der Waals surface area contributed by atoms with Crippen LogP contribution in [0.15, 0.2) is 23.8 Å². The van der Waals surface area contributed by atoms with Gasteiger partial charge >= 0.3 is 5.97 Å². The van der Waals surface area contributed by atoms with Crippen molar-refractivity contribution in [2.45, 2.75) is 64.1 Å². The molecule has 0 heterocycles. The summed E-state index contributed by atoms with van der Waals surface area (Å²) in [6.45, 7) is 3.68. The second-order valence-corrected chi connectivity index (χ2v) is 9.98. The highest BCUT2D eigenvalue weighted by Crippen LogP contribution is 2.67. The van der Waals surface area contributed by atoms with Crippen molar-refractivity contribution in [3.05, 3.63) is 23.8 Å². The summed E-state index contributed by atoms with van der Waals surface area (Å²) in [6.07, 6.45) is -0.395. The molecule has 4 aliphatic rings. The zero-order chi connectivity index (χ0) is 22.9. The van der Waals surface area contributed by atoms with Gasteiger partial charge in [-0.25, -0.2) is 8.78 Å². The molecule has 0 aromatic carbocycles. The maximum Gasteiger partial charge on any atom is 0.303 e. The Balaban J connectivity index is 1.74. The van der Waals surface area contributed by atoms with Gasteiger partial charge in [-0.2, -0.15) is 0 Å². The first-order valence-corrected chi connectivity index (χ1v) is 10.7. The summed E-state index contributed by atoms with van der Waals surface area (Å²) < 4.78 is 35.3. The van der Waals surface area contributed by atoms with Crippen molar-refractivity contribution < 1.29 is 38.1 Å². The number of carbonyl (C=O) groups excluding carboxylic acids is 3. The van der Waals surface area contributed by atoms with Crippen LogP contribution in [0.5, 0.6) is 0 Å². The number of aliphatic hydroxyl groups is 2. The van der Waals surface area contributed by atoms with Gasteiger partial charge in [0, 0.05) is 23.7 Å². The molecule has 2 N–H and O–H groups in total. The van der Waals surface area contributed by atoms with Crippen molar-refractivity contribution >= 4 is 17.5 Å². The molecule has 4 aliphatic carbocycles. The van der Waals surface area contributed by atoms with Gasteiger partial charge in [0.15, 0.2) is 18.0 Å². The Bertz CT molecular complexity index is 898. The van der Waals surface area contributed by atoms with E-state index >= 15 is 8.78 Å². The SMILES string of the molecule is CC(=O)OCC(=O)[C@@]1(O)[C@H](F)C[C@@H]2[C@@H]3C[C@H](F)C4=CC(=O)C=C[C@]4(C)[C@@H]3[C@H](O)C[C@@]21C. The van der Waals surface area contributed by atoms with Gasteiger partial charge in [-0.15, -0.1) is 0 Å². The fourth-order valence-corrected chi connectivity index (χ4v) is 7.08. The van der Waals surface area contributed by atoms with E-state index in [0.29, 0.717) is 5.57 Å². The maximum absolute atomic E-state index is 15.3. The molecule has 31 heavy (non-hydrogen) atoms. The van der Waals surface area contributed by atoms with E-state index in [4.69, 9.17) is 4.74 Å². The average molecular weight is 438 g/mol. The van der Waals surface area contributed by atoms with Crippen LogP contribution in [-0.2, 0) is 19.1 Å². The molecule has 8 heteroatoms. The lowest BCUT2D eigenvalue weighted by Crippen LogP contribution is -2.64. The number of ketones is 2. The standard InChI is InChI=1S/C23H28F2O6/c1-11(26)31-10-19(29)23(30)18(25)8-14-13-7-16(24)15-6-12(27)4-5-21(15,2)20(13)17(28)9-22(14,23)3/h4-6,13-14,16-18,20,28,30H,7-10H2,1-3H3/t13-,14+,16-,17+,18+,20-,21-,22-,23-/m0/s1. The number of fused-ring (bicyclic) bond motifs is 5. The predicted octanol–water partition coefficient (Wildman–Crippen LogP) is 2.02. The molecule has 3 saturated carbocycles. The van der Waals surface area contributed by atoms with E-state index in [1.165, 1.54) is 12.2 Å². The van der Waals surface area contributed by atoms with Gasteiger partial charge in [0.25, 0.3) is 0 Å². The van der Waals surface area contributed by atoms with Gasteiger partial charge in [-0.3, -0.25) is 14.4 Å². The Hall–Kier alpha value is -1.93. The summed E-state index contributed by atoms with van der Waals surface area (Å²) in [5.41, 5.74) is -4.39. The highest BCUT2D eigenvalue weighted by atomic mass is 19.1. The van der Waals surface area contributed by atoms with Crippen LogP contribution in [0.4, 0.5) is 8.78 Å². The van der Waals surface area contributed by atoms with Gasteiger partial charge in [0.05, 0.1) is 6.10 Å². The number of Topliss-reactive ketones (excluding diaryl/α,β-unsaturated/α-hetero) is 1. The number of aliphatic hydroxyl groups excluding tert-OH is 1. The lowest BCUT2D eigenvalue weighted by atomic mass is 9.46. The third kappa shape index (κ3) is 2.90. The van der Waals surface area contributed by atoms with Crippen molar-refractivity contribution in [1.82, 2.24) is 0 Å². The fraction of sp³-hybridized carbons (Fsp3) is 0.696. The van der Waals surface area contributed by atoms with Crippen molar-refractivity contribution in [2.75, 3.05) is 6.61 Å². The van der Waals surface area contributed by atoms with E-state index in [1.807, 2.05) is 0 Å². The monoisotopic (exact) mass is 438 g/mol. The maximum atomic E-state index is 15.3. The lowest BCUT2D eigenvalue weighted by molar-refractivity contribution is -0.189. The van der Waals surface area contributed by atoms with E-state index < -0.39 is 71.0 Å². The molecule has 0 spiro atoms. The summed E-state index contributed by atoms with van der Waals surface area (Å²) >= 11 is 0. The van der Waals surface area contributed by atoms with Crippen LogP contribution in [0.2, 0.25) is 0 Å². The number of hydrogen-bond donors (Lipinski definition) is 2. The van der Waals surface area contributed by atoms with Crippen molar-refractivity contribution in [1.29, 1.82) is 0 Å². The molecule has 4 rings (SSSR count). The Labute approximate surface area is 179 Å². The smallest absolute Gasteiger partial charge is 0.303 e. The number of halogens is 2. The van der Waals surface area contributed by atoms with Crippen LogP contribution in [0, 0.1) is 28.6 Å². The third-order valence-corrected chi connectivity index (χ3v) is 8.48. The highest BCUT2D eigenvalue weighted by molar-refractivity contribution is 6.01. The first-order valence-electron chi connectivity index (χ1n) is 10.7. The van der Waals surface area contributed by atoms with Crippen LogP contribution >= 0.6 is 0 Å². The van der Waals surface area contributed by atoms with Gasteiger partial charge in [0.2, 0.25) is 5.78 Å². The Morgan fingerprint density at radius 2 is 1.94 bits per heavy atom. The summed E-state index contributed by atoms with van der Waals surface area (Å²) in [5, 5.41) is 22.5. The summed E-state index contributed by atoms with van der Waals surface area (Å²) in [5.74, 6) is -3.53. The Morgan fingerprint density at radius 1 is 1.26 bits per heavy atom. The van der Waals surface area contributed by atoms with Crippen molar-refractivity contribution in [2.24, 2.45) is 28.6 Å². The number of alkyl halides is 2. The molecule has 0 saturated heterocycles. The van der Waals surface area contributed by atoms with Gasteiger partial charge in [0.1, 0.15) is 12.3 Å². The van der Waals surface area contributed by atoms with Crippen LogP contribution in [0.1, 0.15) is 40.0 Å². The molecule has 0 radical (unpaired) electrons. The van der Waals surface area contributed by atoms with Gasteiger partial charge < -0.3 is 14.9 Å². The van der Waals surface area contributed by atoms with Crippen LogP contribution in [0.25, 0.3) is 0 Å². The zero-order valence-corrected chi connectivity index (χ0v) is 17.8. The number of carbonyl (C=O) groups is 3. The quantitative estimate of drug-likeness (QED) is 0.654. The van der Waals surface area contributed by atoms with E-state index in [0.717, 1.165) is 6.92 Å². The molecule has 6 nitrogen and oxygen atoms in total. The first kappa shape index (κ1) is 22.3. The zero-order valence-electron chi connectivity index (χ0n) is 17.8. The topological polar surface area (TPSA) is 101 Å². The fourth-order valence-electron chi connectivity index (χ4n) is 7.08. The van der Waals surface area contributed by atoms with Crippen LogP contribution in [0.3, 0.4) is 0 Å². The molecule has 0 aromatic heterocycles. The van der Waals surface area contributed by atoms with E-state index in [9.17, 15) is 24.6 Å². The van der Waals surface area contributed by atoms with E-state index in [1.54, 1.807) is 19.9 Å². The van der Waals surface area contributed by atoms with E-state index in [2.05, 4.69) is 0 Å². The number of esters is 1. The van der Waals surface area contributed by atoms with Crippen LogP contribution < -0.4 is 0 Å². The summed E-state index contributed by atoms with van der Waals surface area (Å²) in [6, 6.07) is 0. The van der Waals surface area contributed by atoms with Gasteiger partial charge in [-0.05, 0) is 48.8 Å². The lowest BCUT2D eigenvalue weighted by Gasteiger charge is -2.59. The third-order valence-electron chi connectivity index (χ3n) is 8.48. The molecule has 170 valence electrons. The molecule has 0 unspecified atom stereocenters. The summed E-state index contributed by atoms with van der Waals surface area (Å²) in [4.78, 5) is 35.8. The second kappa shape index (κ2) is 7.04. The minimum Gasteiger partial charge on any atom is -0.458 e. The Morgan fingerprint density at radius 3 is 2.58 bits per heavy atom. The summed E-state index contributed by atoms with van der Waals surface area (Å²) in [7, 11) is 0. The second-order valence-electron chi connectivity index (χ2n) is 9.98. The normalized spacial score (nSPS) is 48.4. The first-order chi connectivity index (χ1) is 14.4. The van der Waals surface area contributed by atoms with Crippen molar-refractivity contribution in [3.8, 4) is 0 Å². The highest BCUT2D eigenvalue weighted by Gasteiger charge is 2.72. The average Bonchev–Trinajstić information content (AvgIpc) is 2.88. The molecule has 0 aromatic rings. The van der Waals surface area contributed by atoms with E-state index in [-0.39, 0.29) is 25.0 Å². The molecule has 0 bridgehead atoms. The predicted molar refractivity (Wildman–Crippen MR) is 105 cm³/mol. The number of ether oxygens (including phenoxy) is 1. The number of allylic oxidation sites excluding steroid dienone is 4. The minimum atomic E-state index is -2.44. The molecule has 9 atom stereocenters. The molecule has 0 amide bonds. The van der Waals surface area contributed by atoms with Crippen molar-refractivity contribution in [3.63, 3.8) is 0 Å². The number of rotatable bonds is 3.